The highest BCUT2D eigenvalue weighted by Crippen LogP contribution is 2.32. The summed E-state index contributed by atoms with van der Waals surface area (Å²) in [5.74, 6) is 0.364. The Balaban J connectivity index is 2.31. The summed E-state index contributed by atoms with van der Waals surface area (Å²) in [6.45, 7) is 2.47. The molecule has 0 saturated carbocycles. The molecule has 0 amide bonds. The van der Waals surface area contributed by atoms with E-state index >= 15 is 0 Å². The predicted molar refractivity (Wildman–Crippen MR) is 82.3 cm³/mol. The monoisotopic (exact) mass is 354 g/mol. The third-order valence-corrected chi connectivity index (χ3v) is 3.68. The molecule has 21 heavy (non-hydrogen) atoms. The zero-order chi connectivity index (χ0) is 15.4. The van der Waals surface area contributed by atoms with Gasteiger partial charge in [0.2, 0.25) is 0 Å². The van der Waals surface area contributed by atoms with Gasteiger partial charge >= 0.3 is 0 Å². The summed E-state index contributed by atoms with van der Waals surface area (Å²) >= 11 is 3.41. The van der Waals surface area contributed by atoms with E-state index in [9.17, 15) is 9.50 Å². The Morgan fingerprint density at radius 1 is 1.14 bits per heavy atom. The highest BCUT2D eigenvalue weighted by molar-refractivity contribution is 9.10. The lowest BCUT2D eigenvalue weighted by Gasteiger charge is -2.15. The van der Waals surface area contributed by atoms with Gasteiger partial charge in [0.1, 0.15) is 11.9 Å². The molecule has 1 N–H and O–H groups in total. The molecule has 0 aromatic heterocycles. The smallest absolute Gasteiger partial charge is 0.165 e. The maximum absolute atomic E-state index is 13.4. The van der Waals surface area contributed by atoms with Gasteiger partial charge in [-0.15, -0.1) is 0 Å². The fraction of sp³-hybridized carbons (Fsp3) is 0.250. The van der Waals surface area contributed by atoms with Gasteiger partial charge in [-0.3, -0.25) is 0 Å². The predicted octanol–water partition coefficient (Wildman–Crippen LogP) is 4.08. The van der Waals surface area contributed by atoms with E-state index in [2.05, 4.69) is 15.9 Å². The van der Waals surface area contributed by atoms with E-state index in [1.165, 1.54) is 25.3 Å². The summed E-state index contributed by atoms with van der Waals surface area (Å²) in [5.41, 5.74) is 1.24. The van der Waals surface area contributed by atoms with E-state index in [0.717, 1.165) is 4.47 Å². The zero-order valence-electron chi connectivity index (χ0n) is 11.8. The SMILES string of the molecule is CCOc1ccc(C(O)c2ccc(F)c(OC)c2)cc1Br. The number of rotatable bonds is 5. The number of ether oxygens (including phenoxy) is 2. The summed E-state index contributed by atoms with van der Waals surface area (Å²) < 4.78 is 24.5. The van der Waals surface area contributed by atoms with Gasteiger partial charge in [0.15, 0.2) is 11.6 Å². The quantitative estimate of drug-likeness (QED) is 0.879. The molecule has 0 aliphatic carbocycles. The first kappa shape index (κ1) is 15.8. The van der Waals surface area contributed by atoms with Gasteiger partial charge in [-0.1, -0.05) is 12.1 Å². The summed E-state index contributed by atoms with van der Waals surface area (Å²) in [7, 11) is 1.39. The number of hydrogen-bond donors (Lipinski definition) is 1. The highest BCUT2D eigenvalue weighted by Gasteiger charge is 2.15. The molecule has 2 rings (SSSR count). The minimum absolute atomic E-state index is 0.108. The lowest BCUT2D eigenvalue weighted by atomic mass is 10.0. The maximum Gasteiger partial charge on any atom is 0.165 e. The fourth-order valence-corrected chi connectivity index (χ4v) is 2.51. The molecule has 0 aliphatic heterocycles. The van der Waals surface area contributed by atoms with Crippen LogP contribution in [-0.2, 0) is 0 Å². The Morgan fingerprint density at radius 3 is 2.43 bits per heavy atom. The number of methoxy groups -OCH3 is 1. The lowest BCUT2D eigenvalue weighted by Crippen LogP contribution is -2.02. The van der Waals surface area contributed by atoms with Crippen molar-refractivity contribution in [3.05, 3.63) is 57.8 Å². The minimum Gasteiger partial charge on any atom is -0.494 e. The van der Waals surface area contributed by atoms with Crippen LogP contribution in [0.4, 0.5) is 4.39 Å². The van der Waals surface area contributed by atoms with Crippen molar-refractivity contribution < 1.29 is 19.0 Å². The van der Waals surface area contributed by atoms with Crippen molar-refractivity contribution in [2.24, 2.45) is 0 Å². The van der Waals surface area contributed by atoms with Crippen molar-refractivity contribution in [1.82, 2.24) is 0 Å². The molecule has 112 valence electrons. The number of aliphatic hydroxyl groups excluding tert-OH is 1. The van der Waals surface area contributed by atoms with Crippen LogP contribution in [0, 0.1) is 5.82 Å². The number of aliphatic hydroxyl groups is 1. The first-order valence-electron chi connectivity index (χ1n) is 6.50. The van der Waals surface area contributed by atoms with Crippen molar-refractivity contribution in [3.63, 3.8) is 0 Å². The molecule has 0 spiro atoms. The first-order valence-corrected chi connectivity index (χ1v) is 7.29. The Hall–Kier alpha value is -1.59. The molecular weight excluding hydrogens is 339 g/mol. The second kappa shape index (κ2) is 6.91. The Bertz CT molecular complexity index is 631. The van der Waals surface area contributed by atoms with Crippen LogP contribution >= 0.6 is 15.9 Å². The van der Waals surface area contributed by atoms with Gasteiger partial charge in [0.25, 0.3) is 0 Å². The molecule has 0 bridgehead atoms. The van der Waals surface area contributed by atoms with E-state index in [-0.39, 0.29) is 5.75 Å². The molecular formula is C16H16BrFO3. The van der Waals surface area contributed by atoms with Crippen molar-refractivity contribution in [1.29, 1.82) is 0 Å². The average Bonchev–Trinajstić information content (AvgIpc) is 2.49. The summed E-state index contributed by atoms with van der Waals surface area (Å²) in [5, 5.41) is 10.4. The van der Waals surface area contributed by atoms with E-state index in [0.29, 0.717) is 23.5 Å². The van der Waals surface area contributed by atoms with Gasteiger partial charge < -0.3 is 14.6 Å². The number of halogens is 2. The van der Waals surface area contributed by atoms with Gasteiger partial charge in [-0.25, -0.2) is 4.39 Å². The summed E-state index contributed by atoms with van der Waals surface area (Å²) in [6, 6.07) is 9.65. The fourth-order valence-electron chi connectivity index (χ4n) is 2.00. The normalized spacial score (nSPS) is 12.0. The molecule has 2 aromatic carbocycles. The van der Waals surface area contributed by atoms with Crippen molar-refractivity contribution in [2.45, 2.75) is 13.0 Å². The molecule has 1 unspecified atom stereocenters. The molecule has 2 aromatic rings. The van der Waals surface area contributed by atoms with Crippen LogP contribution in [0.2, 0.25) is 0 Å². The van der Waals surface area contributed by atoms with Gasteiger partial charge in [-0.2, -0.15) is 0 Å². The molecule has 0 heterocycles. The van der Waals surface area contributed by atoms with Crippen molar-refractivity contribution in [3.8, 4) is 11.5 Å². The first-order chi connectivity index (χ1) is 10.1. The van der Waals surface area contributed by atoms with Crippen LogP contribution < -0.4 is 9.47 Å². The summed E-state index contributed by atoms with van der Waals surface area (Å²) in [6.07, 6.45) is -0.869. The van der Waals surface area contributed by atoms with E-state index < -0.39 is 11.9 Å². The molecule has 3 nitrogen and oxygen atoms in total. The largest absolute Gasteiger partial charge is 0.494 e. The number of benzene rings is 2. The standard InChI is InChI=1S/C16H16BrFO3/c1-3-21-14-7-5-10(8-12(14)17)16(19)11-4-6-13(18)15(9-11)20-2/h4-9,16,19H,3H2,1-2H3. The van der Waals surface area contributed by atoms with E-state index in [4.69, 9.17) is 9.47 Å². The highest BCUT2D eigenvalue weighted by atomic mass is 79.9. The molecule has 0 fully saturated rings. The Labute approximate surface area is 131 Å². The maximum atomic E-state index is 13.4. The zero-order valence-corrected chi connectivity index (χ0v) is 13.4. The van der Waals surface area contributed by atoms with E-state index in [1.54, 1.807) is 18.2 Å². The Kier molecular flexibility index (Phi) is 5.20. The van der Waals surface area contributed by atoms with E-state index in [1.807, 2.05) is 6.92 Å². The average molecular weight is 355 g/mol. The summed E-state index contributed by atoms with van der Waals surface area (Å²) in [4.78, 5) is 0. The van der Waals surface area contributed by atoms with Gasteiger partial charge in [-0.05, 0) is 58.2 Å². The van der Waals surface area contributed by atoms with Crippen LogP contribution in [0.3, 0.4) is 0 Å². The van der Waals surface area contributed by atoms with Crippen LogP contribution in [0.5, 0.6) is 11.5 Å². The third-order valence-electron chi connectivity index (χ3n) is 3.06. The second-order valence-corrected chi connectivity index (χ2v) is 5.27. The van der Waals surface area contributed by atoms with Gasteiger partial charge in [0.05, 0.1) is 18.2 Å². The molecule has 5 heteroatoms. The van der Waals surface area contributed by atoms with Crippen LogP contribution in [0.25, 0.3) is 0 Å². The Morgan fingerprint density at radius 2 is 1.81 bits per heavy atom. The molecule has 0 radical (unpaired) electrons. The van der Waals surface area contributed by atoms with Crippen LogP contribution in [-0.4, -0.2) is 18.8 Å². The third kappa shape index (κ3) is 3.54. The molecule has 0 saturated heterocycles. The molecule has 0 aliphatic rings. The van der Waals surface area contributed by atoms with Gasteiger partial charge in [0, 0.05) is 0 Å². The molecule has 1 atom stereocenters. The van der Waals surface area contributed by atoms with Crippen LogP contribution in [0.1, 0.15) is 24.2 Å². The lowest BCUT2D eigenvalue weighted by molar-refractivity contribution is 0.219. The number of hydrogen-bond acceptors (Lipinski definition) is 3. The topological polar surface area (TPSA) is 38.7 Å². The van der Waals surface area contributed by atoms with Crippen LogP contribution in [0.15, 0.2) is 40.9 Å². The van der Waals surface area contributed by atoms with Crippen molar-refractivity contribution in [2.75, 3.05) is 13.7 Å². The van der Waals surface area contributed by atoms with Crippen molar-refractivity contribution >= 4 is 15.9 Å². The minimum atomic E-state index is -0.869. The second-order valence-electron chi connectivity index (χ2n) is 4.42.